The molecule has 1 aromatic heterocycles. The van der Waals surface area contributed by atoms with Crippen LogP contribution in [0.2, 0.25) is 0 Å². The van der Waals surface area contributed by atoms with Crippen LogP contribution in [0.5, 0.6) is 0 Å². The summed E-state index contributed by atoms with van der Waals surface area (Å²) < 4.78 is 4.05. The summed E-state index contributed by atoms with van der Waals surface area (Å²) >= 11 is 3.34. The SMILES string of the molecule is O=C(Cn1ccn(C2CC2)c1=O)c1cccc(Br)c1. The second kappa shape index (κ2) is 4.81. The number of hydrogen-bond acceptors (Lipinski definition) is 2. The minimum atomic E-state index is -0.0918. The number of aromatic nitrogens is 2. The van der Waals surface area contributed by atoms with Gasteiger partial charge in [-0.2, -0.15) is 0 Å². The molecule has 0 radical (unpaired) electrons. The first-order chi connectivity index (χ1) is 9.15. The average molecular weight is 321 g/mol. The van der Waals surface area contributed by atoms with Gasteiger partial charge in [0.05, 0.1) is 6.54 Å². The Morgan fingerprint density at radius 3 is 2.79 bits per heavy atom. The highest BCUT2D eigenvalue weighted by atomic mass is 79.9. The number of carbonyl (C=O) groups excluding carboxylic acids is 1. The van der Waals surface area contributed by atoms with E-state index in [2.05, 4.69) is 15.9 Å². The summed E-state index contributed by atoms with van der Waals surface area (Å²) in [7, 11) is 0. The monoisotopic (exact) mass is 320 g/mol. The van der Waals surface area contributed by atoms with Gasteiger partial charge < -0.3 is 0 Å². The van der Waals surface area contributed by atoms with Crippen LogP contribution in [0, 0.1) is 0 Å². The molecule has 0 atom stereocenters. The van der Waals surface area contributed by atoms with E-state index in [1.54, 1.807) is 29.1 Å². The van der Waals surface area contributed by atoms with Gasteiger partial charge in [-0.05, 0) is 25.0 Å². The van der Waals surface area contributed by atoms with Crippen molar-refractivity contribution in [1.29, 1.82) is 0 Å². The van der Waals surface area contributed by atoms with E-state index in [1.807, 2.05) is 12.1 Å². The summed E-state index contributed by atoms with van der Waals surface area (Å²) in [5.41, 5.74) is 0.520. The summed E-state index contributed by atoms with van der Waals surface area (Å²) in [5.74, 6) is -0.0584. The van der Waals surface area contributed by atoms with Crippen molar-refractivity contribution < 1.29 is 4.79 Å². The number of hydrogen-bond donors (Lipinski definition) is 0. The lowest BCUT2D eigenvalue weighted by molar-refractivity contribution is 0.0970. The van der Waals surface area contributed by atoms with Gasteiger partial charge in [-0.3, -0.25) is 13.9 Å². The van der Waals surface area contributed by atoms with E-state index >= 15 is 0 Å². The molecular weight excluding hydrogens is 308 g/mol. The first kappa shape index (κ1) is 12.4. The Hall–Kier alpha value is -1.62. The maximum absolute atomic E-state index is 12.1. The third-order valence-corrected chi connectivity index (χ3v) is 3.77. The molecule has 1 heterocycles. The Morgan fingerprint density at radius 1 is 1.32 bits per heavy atom. The Morgan fingerprint density at radius 2 is 2.11 bits per heavy atom. The predicted molar refractivity (Wildman–Crippen MR) is 75.4 cm³/mol. The highest BCUT2D eigenvalue weighted by Gasteiger charge is 2.25. The highest BCUT2D eigenvalue weighted by molar-refractivity contribution is 9.10. The lowest BCUT2D eigenvalue weighted by Gasteiger charge is -2.02. The van der Waals surface area contributed by atoms with Crippen molar-refractivity contribution in [3.63, 3.8) is 0 Å². The molecule has 98 valence electrons. The predicted octanol–water partition coefficient (Wildman–Crippen LogP) is 2.63. The first-order valence-corrected chi connectivity index (χ1v) is 7.00. The van der Waals surface area contributed by atoms with Crippen molar-refractivity contribution in [3.8, 4) is 0 Å². The minimum Gasteiger partial charge on any atom is -0.296 e. The van der Waals surface area contributed by atoms with Crippen molar-refractivity contribution in [3.05, 3.63) is 57.2 Å². The summed E-state index contributed by atoms with van der Waals surface area (Å²) in [6.45, 7) is 0.0923. The zero-order valence-electron chi connectivity index (χ0n) is 10.3. The van der Waals surface area contributed by atoms with E-state index in [1.165, 1.54) is 4.57 Å². The second-order valence-corrected chi connectivity index (χ2v) is 5.70. The van der Waals surface area contributed by atoms with E-state index in [4.69, 9.17) is 0 Å². The molecule has 1 saturated carbocycles. The molecule has 2 aromatic rings. The molecule has 3 rings (SSSR count). The topological polar surface area (TPSA) is 44.0 Å². The summed E-state index contributed by atoms with van der Waals surface area (Å²) in [6.07, 6.45) is 5.58. The fraction of sp³-hybridized carbons (Fsp3) is 0.286. The fourth-order valence-corrected chi connectivity index (χ4v) is 2.49. The number of carbonyl (C=O) groups is 1. The van der Waals surface area contributed by atoms with Gasteiger partial charge in [-0.15, -0.1) is 0 Å². The van der Waals surface area contributed by atoms with Crippen molar-refractivity contribution in [2.24, 2.45) is 0 Å². The number of benzene rings is 1. The number of nitrogens with zero attached hydrogens (tertiary/aromatic N) is 2. The van der Waals surface area contributed by atoms with Gasteiger partial charge in [0.15, 0.2) is 5.78 Å². The lowest BCUT2D eigenvalue weighted by atomic mass is 10.1. The molecule has 4 nitrogen and oxygen atoms in total. The lowest BCUT2D eigenvalue weighted by Crippen LogP contribution is -2.26. The van der Waals surface area contributed by atoms with E-state index in [9.17, 15) is 9.59 Å². The van der Waals surface area contributed by atoms with E-state index in [-0.39, 0.29) is 18.0 Å². The summed E-state index contributed by atoms with van der Waals surface area (Å²) in [5, 5.41) is 0. The Bertz CT molecular complexity index is 683. The third kappa shape index (κ3) is 2.56. The minimum absolute atomic E-state index is 0.0584. The normalized spacial score (nSPS) is 14.6. The van der Waals surface area contributed by atoms with Crippen molar-refractivity contribution in [1.82, 2.24) is 9.13 Å². The number of halogens is 1. The zero-order chi connectivity index (χ0) is 13.4. The molecule has 0 amide bonds. The van der Waals surface area contributed by atoms with Crippen LogP contribution < -0.4 is 5.69 Å². The summed E-state index contributed by atoms with van der Waals surface area (Å²) in [4.78, 5) is 24.2. The molecule has 0 saturated heterocycles. The van der Waals surface area contributed by atoms with E-state index < -0.39 is 0 Å². The van der Waals surface area contributed by atoms with Crippen LogP contribution in [0.25, 0.3) is 0 Å². The van der Waals surface area contributed by atoms with Crippen LogP contribution >= 0.6 is 15.9 Å². The second-order valence-electron chi connectivity index (χ2n) is 4.78. The van der Waals surface area contributed by atoms with Gasteiger partial charge in [0.25, 0.3) is 0 Å². The number of Topliss-reactive ketones (excluding diaryl/α,β-unsaturated/α-hetero) is 1. The molecule has 19 heavy (non-hydrogen) atoms. The molecule has 1 aliphatic carbocycles. The first-order valence-electron chi connectivity index (χ1n) is 6.21. The van der Waals surface area contributed by atoms with Gasteiger partial charge in [-0.1, -0.05) is 28.1 Å². The van der Waals surface area contributed by atoms with Crippen molar-refractivity contribution in [2.75, 3.05) is 0 Å². The molecule has 1 aromatic carbocycles. The van der Waals surface area contributed by atoms with Crippen molar-refractivity contribution >= 4 is 21.7 Å². The Kier molecular flexibility index (Phi) is 3.14. The largest absolute Gasteiger partial charge is 0.328 e. The highest BCUT2D eigenvalue weighted by Crippen LogP contribution is 2.33. The quantitative estimate of drug-likeness (QED) is 0.813. The van der Waals surface area contributed by atoms with Gasteiger partial charge in [0.2, 0.25) is 0 Å². The van der Waals surface area contributed by atoms with Crippen LogP contribution in [0.4, 0.5) is 0 Å². The summed E-state index contributed by atoms with van der Waals surface area (Å²) in [6, 6.07) is 7.55. The van der Waals surface area contributed by atoms with Crippen molar-refractivity contribution in [2.45, 2.75) is 25.4 Å². The molecule has 0 N–H and O–H groups in total. The third-order valence-electron chi connectivity index (χ3n) is 3.27. The zero-order valence-corrected chi connectivity index (χ0v) is 11.8. The van der Waals surface area contributed by atoms with Crippen LogP contribution in [-0.2, 0) is 6.54 Å². The molecule has 5 heteroatoms. The Labute approximate surface area is 118 Å². The Balaban J connectivity index is 1.81. The average Bonchev–Trinajstić information content (AvgIpc) is 3.16. The fourth-order valence-electron chi connectivity index (χ4n) is 2.09. The van der Waals surface area contributed by atoms with Gasteiger partial charge in [-0.25, -0.2) is 4.79 Å². The van der Waals surface area contributed by atoms with Crippen LogP contribution in [0.1, 0.15) is 29.2 Å². The molecular formula is C14H13BrN2O2. The number of rotatable bonds is 4. The van der Waals surface area contributed by atoms with E-state index in [0.717, 1.165) is 17.3 Å². The van der Waals surface area contributed by atoms with Crippen LogP contribution in [0.15, 0.2) is 45.9 Å². The van der Waals surface area contributed by atoms with Gasteiger partial charge >= 0.3 is 5.69 Å². The number of imidazole rings is 1. The van der Waals surface area contributed by atoms with Crippen LogP contribution in [0.3, 0.4) is 0 Å². The molecule has 0 bridgehead atoms. The van der Waals surface area contributed by atoms with Gasteiger partial charge in [0.1, 0.15) is 0 Å². The maximum Gasteiger partial charge on any atom is 0.328 e. The molecule has 0 unspecified atom stereocenters. The molecule has 1 fully saturated rings. The standard InChI is InChI=1S/C14H13BrN2O2/c15-11-3-1-2-10(8-11)13(18)9-16-6-7-17(14(16)19)12-4-5-12/h1-3,6-8,12H,4-5,9H2. The smallest absolute Gasteiger partial charge is 0.296 e. The molecule has 0 spiro atoms. The molecule has 1 aliphatic rings. The maximum atomic E-state index is 12.1. The van der Waals surface area contributed by atoms with Crippen LogP contribution in [-0.4, -0.2) is 14.9 Å². The number of ketones is 1. The van der Waals surface area contributed by atoms with E-state index in [0.29, 0.717) is 11.6 Å². The van der Waals surface area contributed by atoms with Gasteiger partial charge in [0, 0.05) is 28.5 Å². The molecule has 0 aliphatic heterocycles.